The molecule has 1 aromatic heterocycles. The van der Waals surface area contributed by atoms with Crippen LogP contribution in [0.25, 0.3) is 0 Å². The zero-order valence-electron chi connectivity index (χ0n) is 12.3. The second kappa shape index (κ2) is 5.91. The maximum absolute atomic E-state index is 12.7. The molecule has 0 radical (unpaired) electrons. The van der Waals surface area contributed by atoms with Gasteiger partial charge in [0.25, 0.3) is 0 Å². The van der Waals surface area contributed by atoms with Crippen LogP contribution in [0.1, 0.15) is 25.7 Å². The molecule has 0 aromatic carbocycles. The van der Waals surface area contributed by atoms with Crippen molar-refractivity contribution in [3.63, 3.8) is 0 Å². The third-order valence-corrected chi connectivity index (χ3v) is 7.38. The van der Waals surface area contributed by atoms with Gasteiger partial charge >= 0.3 is 0 Å². The van der Waals surface area contributed by atoms with Gasteiger partial charge in [0.2, 0.25) is 10.0 Å². The van der Waals surface area contributed by atoms with Gasteiger partial charge in [0.15, 0.2) is 5.15 Å². The first-order valence-electron chi connectivity index (χ1n) is 7.21. The third kappa shape index (κ3) is 2.87. The average Bonchev–Trinajstić information content (AvgIpc) is 2.44. The van der Waals surface area contributed by atoms with Crippen molar-refractivity contribution >= 4 is 33.2 Å². The average molecular weight is 365 g/mol. The fourth-order valence-electron chi connectivity index (χ4n) is 3.41. The van der Waals surface area contributed by atoms with Gasteiger partial charge in [-0.05, 0) is 43.2 Å². The number of rotatable bonds is 3. The van der Waals surface area contributed by atoms with Gasteiger partial charge in [0, 0.05) is 20.2 Å². The van der Waals surface area contributed by atoms with Gasteiger partial charge in [-0.25, -0.2) is 13.4 Å². The van der Waals surface area contributed by atoms with Crippen molar-refractivity contribution in [3.05, 3.63) is 22.4 Å². The summed E-state index contributed by atoms with van der Waals surface area (Å²) < 4.78 is 32.2. The summed E-state index contributed by atoms with van der Waals surface area (Å²) in [6.45, 7) is 1.02. The van der Waals surface area contributed by atoms with E-state index in [9.17, 15) is 8.42 Å². The zero-order valence-corrected chi connectivity index (χ0v) is 14.6. The van der Waals surface area contributed by atoms with E-state index in [1.165, 1.54) is 16.4 Å². The van der Waals surface area contributed by atoms with Crippen molar-refractivity contribution in [2.75, 3.05) is 20.2 Å². The largest absolute Gasteiger partial charge is 0.381 e. The molecule has 1 saturated carbocycles. The lowest BCUT2D eigenvalue weighted by atomic mass is 9.62. The summed E-state index contributed by atoms with van der Waals surface area (Å²) in [5.74, 6) is 0. The molecule has 1 aliphatic carbocycles. The van der Waals surface area contributed by atoms with Crippen molar-refractivity contribution in [3.8, 4) is 0 Å². The second-order valence-corrected chi connectivity index (χ2v) is 8.74. The van der Waals surface area contributed by atoms with Crippen LogP contribution in [0.4, 0.5) is 0 Å². The predicted molar refractivity (Wildman–Crippen MR) is 84.7 cm³/mol. The first-order chi connectivity index (χ1) is 10.4. The van der Waals surface area contributed by atoms with E-state index < -0.39 is 10.0 Å². The lowest BCUT2D eigenvalue weighted by Gasteiger charge is -2.51. The van der Waals surface area contributed by atoms with Gasteiger partial charge in [-0.1, -0.05) is 23.2 Å². The number of ether oxygens (including phenoxy) is 1. The molecule has 2 fully saturated rings. The molecule has 5 nitrogen and oxygen atoms in total. The quantitative estimate of drug-likeness (QED) is 0.773. The minimum absolute atomic E-state index is 0.0258. The maximum atomic E-state index is 12.7. The van der Waals surface area contributed by atoms with Crippen LogP contribution < -0.4 is 0 Å². The fraction of sp³-hybridized carbons (Fsp3) is 0.643. The van der Waals surface area contributed by atoms with Crippen molar-refractivity contribution in [2.24, 2.45) is 5.41 Å². The number of sulfonamides is 1. The summed E-state index contributed by atoms with van der Waals surface area (Å²) in [7, 11) is -1.89. The van der Waals surface area contributed by atoms with Gasteiger partial charge in [0.05, 0.1) is 6.10 Å². The molecule has 1 saturated heterocycles. The molecule has 0 atom stereocenters. The van der Waals surface area contributed by atoms with Crippen molar-refractivity contribution < 1.29 is 13.2 Å². The van der Waals surface area contributed by atoms with Gasteiger partial charge in [-0.15, -0.1) is 0 Å². The Bertz CT molecular complexity index is 665. The molecule has 1 aliphatic heterocycles. The predicted octanol–water partition coefficient (Wildman–Crippen LogP) is 2.97. The number of hydrogen-bond donors (Lipinski definition) is 0. The maximum Gasteiger partial charge on any atom is 0.246 e. The van der Waals surface area contributed by atoms with Crippen LogP contribution in [0.5, 0.6) is 0 Å². The third-order valence-electron chi connectivity index (χ3n) is 4.84. The molecular weight excluding hydrogens is 347 g/mol. The summed E-state index contributed by atoms with van der Waals surface area (Å²) in [5.41, 5.74) is 0.259. The van der Waals surface area contributed by atoms with Crippen LogP contribution in [0.2, 0.25) is 10.3 Å². The summed E-state index contributed by atoms with van der Waals surface area (Å²) in [6.07, 6.45) is 4.12. The number of aromatic nitrogens is 1. The van der Waals surface area contributed by atoms with Crippen molar-refractivity contribution in [2.45, 2.75) is 36.7 Å². The normalized spacial score (nSPS) is 22.7. The van der Waals surface area contributed by atoms with E-state index in [0.717, 1.165) is 25.7 Å². The highest BCUT2D eigenvalue weighted by Crippen LogP contribution is 2.50. The summed E-state index contributed by atoms with van der Waals surface area (Å²) >= 11 is 11.7. The summed E-state index contributed by atoms with van der Waals surface area (Å²) in [4.78, 5) is 3.85. The van der Waals surface area contributed by atoms with Crippen LogP contribution in [0.3, 0.4) is 0 Å². The molecule has 22 heavy (non-hydrogen) atoms. The molecule has 8 heteroatoms. The molecule has 0 amide bonds. The highest BCUT2D eigenvalue weighted by Gasteiger charge is 2.47. The smallest absolute Gasteiger partial charge is 0.246 e. The van der Waals surface area contributed by atoms with E-state index in [1.807, 2.05) is 0 Å². The molecule has 122 valence electrons. The van der Waals surface area contributed by atoms with E-state index >= 15 is 0 Å². The van der Waals surface area contributed by atoms with Crippen LogP contribution in [-0.2, 0) is 14.8 Å². The molecule has 0 unspecified atom stereocenters. The summed E-state index contributed by atoms with van der Waals surface area (Å²) in [6, 6.07) is 2.86. The van der Waals surface area contributed by atoms with Gasteiger partial charge < -0.3 is 4.74 Å². The Morgan fingerprint density at radius 1 is 1.27 bits per heavy atom. The molecular formula is C14H18Cl2N2O3S. The highest BCUT2D eigenvalue weighted by molar-refractivity contribution is 7.89. The Hall–Kier alpha value is -0.400. The Morgan fingerprint density at radius 2 is 1.91 bits per heavy atom. The first-order valence-corrected chi connectivity index (χ1v) is 9.41. The van der Waals surface area contributed by atoms with Crippen molar-refractivity contribution in [1.82, 2.24) is 9.29 Å². The monoisotopic (exact) mass is 364 g/mol. The SMILES string of the molecule is COC1CC2(CCN(S(=O)(=O)c3ccc(Cl)nc3Cl)CC2)C1. The van der Waals surface area contributed by atoms with E-state index in [4.69, 9.17) is 27.9 Å². The molecule has 1 spiro atoms. The summed E-state index contributed by atoms with van der Waals surface area (Å²) in [5, 5.41) is 0.109. The van der Waals surface area contributed by atoms with Crippen LogP contribution in [-0.4, -0.2) is 44.0 Å². The van der Waals surface area contributed by atoms with Crippen molar-refractivity contribution in [1.29, 1.82) is 0 Å². The number of piperidine rings is 1. The molecule has 1 aromatic rings. The van der Waals surface area contributed by atoms with E-state index in [2.05, 4.69) is 4.98 Å². The number of pyridine rings is 1. The van der Waals surface area contributed by atoms with E-state index in [1.54, 1.807) is 7.11 Å². The molecule has 3 rings (SSSR count). The highest BCUT2D eigenvalue weighted by atomic mass is 35.5. The lowest BCUT2D eigenvalue weighted by molar-refractivity contribution is -0.0804. The number of methoxy groups -OCH3 is 1. The van der Waals surface area contributed by atoms with Crippen LogP contribution in [0.15, 0.2) is 17.0 Å². The van der Waals surface area contributed by atoms with Crippen LogP contribution in [0, 0.1) is 5.41 Å². The van der Waals surface area contributed by atoms with Gasteiger partial charge in [-0.3, -0.25) is 0 Å². The Labute approximate surface area is 140 Å². The topological polar surface area (TPSA) is 59.5 Å². The molecule has 2 heterocycles. The number of hydrogen-bond acceptors (Lipinski definition) is 4. The van der Waals surface area contributed by atoms with Crippen LogP contribution >= 0.6 is 23.2 Å². The van der Waals surface area contributed by atoms with E-state index in [-0.39, 0.29) is 20.6 Å². The minimum Gasteiger partial charge on any atom is -0.381 e. The first kappa shape index (κ1) is 16.5. The number of halogens is 2. The molecule has 0 N–H and O–H groups in total. The zero-order chi connectivity index (χ0) is 16.0. The van der Waals surface area contributed by atoms with E-state index in [0.29, 0.717) is 19.2 Å². The minimum atomic E-state index is -3.61. The number of nitrogens with zero attached hydrogens (tertiary/aromatic N) is 2. The molecule has 2 aliphatic rings. The Balaban J connectivity index is 1.72. The van der Waals surface area contributed by atoms with Gasteiger partial charge in [-0.2, -0.15) is 4.31 Å². The molecule has 0 bridgehead atoms. The Morgan fingerprint density at radius 3 is 2.45 bits per heavy atom. The van der Waals surface area contributed by atoms with Gasteiger partial charge in [0.1, 0.15) is 10.0 Å². The Kier molecular flexibility index (Phi) is 4.42. The standard InChI is InChI=1S/C14H18Cl2N2O3S/c1-21-10-8-14(9-10)4-6-18(7-5-14)22(19,20)11-2-3-12(15)17-13(11)16/h2-3,10H,4-9H2,1H3. The second-order valence-electron chi connectivity index (χ2n) is 6.09. The lowest BCUT2D eigenvalue weighted by Crippen LogP contribution is -2.50. The fourth-order valence-corrected chi connectivity index (χ4v) is 5.49.